The van der Waals surface area contributed by atoms with Crippen LogP contribution in [0.2, 0.25) is 5.15 Å². The lowest BCUT2D eigenvalue weighted by molar-refractivity contribution is -0.133. The first kappa shape index (κ1) is 19.4. The molecule has 1 N–H and O–H groups in total. The molecular formula is C21H20ClN3O4. The molecule has 8 heteroatoms. The molecule has 29 heavy (non-hydrogen) atoms. The molecule has 1 aromatic carbocycles. The molecule has 0 radical (unpaired) electrons. The molecule has 3 heterocycles. The van der Waals surface area contributed by atoms with E-state index >= 15 is 0 Å². The molecule has 2 aliphatic heterocycles. The third-order valence-corrected chi connectivity index (χ3v) is 5.83. The van der Waals surface area contributed by atoms with E-state index in [0.717, 1.165) is 5.56 Å². The predicted octanol–water partition coefficient (Wildman–Crippen LogP) is 3.10. The number of hydrogen-bond acceptors (Lipinski definition) is 5. The average Bonchev–Trinajstić information content (AvgIpc) is 3.10. The molecule has 2 amide bonds. The van der Waals surface area contributed by atoms with Crippen molar-refractivity contribution in [1.29, 1.82) is 0 Å². The lowest BCUT2D eigenvalue weighted by Gasteiger charge is -2.30. The third kappa shape index (κ3) is 3.46. The van der Waals surface area contributed by atoms with Gasteiger partial charge in [0.15, 0.2) is 0 Å². The Morgan fingerprint density at radius 2 is 2.03 bits per heavy atom. The summed E-state index contributed by atoms with van der Waals surface area (Å²) in [6.45, 7) is 3.48. The van der Waals surface area contributed by atoms with E-state index in [1.54, 1.807) is 23.1 Å². The van der Waals surface area contributed by atoms with Crippen LogP contribution in [0.25, 0.3) is 0 Å². The highest BCUT2D eigenvalue weighted by Gasteiger charge is 2.56. The van der Waals surface area contributed by atoms with E-state index in [4.69, 9.17) is 16.3 Å². The summed E-state index contributed by atoms with van der Waals surface area (Å²) >= 11 is 5.77. The summed E-state index contributed by atoms with van der Waals surface area (Å²) in [5.41, 5.74) is 0.628. The molecule has 7 nitrogen and oxygen atoms in total. The predicted molar refractivity (Wildman–Crippen MR) is 105 cm³/mol. The Morgan fingerprint density at radius 3 is 2.72 bits per heavy atom. The number of pyridine rings is 1. The van der Waals surface area contributed by atoms with Crippen molar-refractivity contribution in [2.75, 3.05) is 0 Å². The van der Waals surface area contributed by atoms with Crippen molar-refractivity contribution < 1.29 is 19.1 Å². The first-order chi connectivity index (χ1) is 13.8. The van der Waals surface area contributed by atoms with Gasteiger partial charge in [-0.3, -0.25) is 9.59 Å². The highest BCUT2D eigenvalue weighted by atomic mass is 35.5. The maximum atomic E-state index is 12.6. The smallest absolute Gasteiger partial charge is 0.345 e. The van der Waals surface area contributed by atoms with E-state index in [1.807, 2.05) is 19.1 Å². The second-order valence-electron chi connectivity index (χ2n) is 7.74. The molecule has 0 spiro atoms. The van der Waals surface area contributed by atoms with E-state index in [1.165, 1.54) is 19.2 Å². The normalized spacial score (nSPS) is 25.5. The van der Waals surface area contributed by atoms with E-state index < -0.39 is 5.97 Å². The fourth-order valence-corrected chi connectivity index (χ4v) is 4.43. The number of rotatable bonds is 3. The quantitative estimate of drug-likeness (QED) is 0.474. The lowest BCUT2D eigenvalue weighted by atomic mass is 9.83. The number of hydrogen-bond donors (Lipinski definition) is 1. The van der Waals surface area contributed by atoms with Crippen molar-refractivity contribution in [1.82, 2.24) is 15.2 Å². The van der Waals surface area contributed by atoms with Gasteiger partial charge in [0, 0.05) is 30.5 Å². The number of carbonyl (C=O) groups excluding carboxylic acids is 3. The molecule has 3 atom stereocenters. The van der Waals surface area contributed by atoms with Gasteiger partial charge in [-0.05, 0) is 24.6 Å². The van der Waals surface area contributed by atoms with Crippen molar-refractivity contribution >= 4 is 29.4 Å². The molecule has 1 aromatic heterocycles. The van der Waals surface area contributed by atoms with E-state index in [-0.39, 0.29) is 40.2 Å². The van der Waals surface area contributed by atoms with Crippen LogP contribution >= 0.6 is 11.6 Å². The summed E-state index contributed by atoms with van der Waals surface area (Å²) in [5.74, 6) is -0.390. The first-order valence-corrected chi connectivity index (χ1v) is 9.67. The first-order valence-electron chi connectivity index (χ1n) is 9.29. The Balaban J connectivity index is 1.66. The molecule has 0 bridgehead atoms. The molecule has 2 saturated heterocycles. The third-order valence-electron chi connectivity index (χ3n) is 5.60. The highest BCUT2D eigenvalue weighted by molar-refractivity contribution is 6.29. The Morgan fingerprint density at radius 1 is 1.28 bits per heavy atom. The Bertz CT molecular complexity index is 994. The number of para-hydroxylation sites is 1. The fraction of sp³-hybridized carbons (Fsp3) is 0.333. The van der Waals surface area contributed by atoms with Crippen LogP contribution in [-0.2, 0) is 9.59 Å². The fourth-order valence-electron chi connectivity index (χ4n) is 4.32. The van der Waals surface area contributed by atoms with Gasteiger partial charge in [0.05, 0.1) is 11.6 Å². The molecule has 4 rings (SSSR count). The van der Waals surface area contributed by atoms with Crippen molar-refractivity contribution in [3.63, 3.8) is 0 Å². The molecule has 0 aliphatic carbocycles. The van der Waals surface area contributed by atoms with Crippen molar-refractivity contribution in [3.05, 3.63) is 58.9 Å². The SMILES string of the molecule is CC(=O)N1[C@@H](c2ccccc2OC(=O)c2ccc(Cl)nc2)C[C@]2(C)CC(=O)N[C@H]12. The van der Waals surface area contributed by atoms with Crippen LogP contribution in [0.1, 0.15) is 48.7 Å². The van der Waals surface area contributed by atoms with Gasteiger partial charge in [-0.25, -0.2) is 9.78 Å². The molecule has 0 saturated carbocycles. The molecular weight excluding hydrogens is 394 g/mol. The van der Waals surface area contributed by atoms with E-state index in [2.05, 4.69) is 10.3 Å². The van der Waals surface area contributed by atoms with Crippen molar-refractivity contribution in [2.45, 2.75) is 38.9 Å². The number of halogens is 1. The minimum absolute atomic E-state index is 0.0582. The summed E-state index contributed by atoms with van der Waals surface area (Å²) < 4.78 is 5.64. The van der Waals surface area contributed by atoms with Gasteiger partial charge in [-0.1, -0.05) is 36.7 Å². The van der Waals surface area contributed by atoms with E-state index in [0.29, 0.717) is 18.6 Å². The number of esters is 1. The van der Waals surface area contributed by atoms with Crippen LogP contribution in [0, 0.1) is 5.41 Å². The number of ether oxygens (including phenoxy) is 1. The zero-order valence-corrected chi connectivity index (χ0v) is 16.8. The van der Waals surface area contributed by atoms with Crippen molar-refractivity contribution in [3.8, 4) is 5.75 Å². The zero-order chi connectivity index (χ0) is 20.8. The largest absolute Gasteiger partial charge is 0.423 e. The highest BCUT2D eigenvalue weighted by Crippen LogP contribution is 2.52. The number of nitrogens with zero attached hydrogens (tertiary/aromatic N) is 2. The van der Waals surface area contributed by atoms with Crippen LogP contribution < -0.4 is 10.1 Å². The minimum atomic E-state index is -0.561. The Labute approximate surface area is 173 Å². The number of fused-ring (bicyclic) bond motifs is 1. The maximum absolute atomic E-state index is 12.6. The summed E-state index contributed by atoms with van der Waals surface area (Å²) in [6, 6.07) is 9.89. The summed E-state index contributed by atoms with van der Waals surface area (Å²) in [7, 11) is 0. The molecule has 2 fully saturated rings. The summed E-state index contributed by atoms with van der Waals surface area (Å²) in [4.78, 5) is 42.5. The van der Waals surface area contributed by atoms with E-state index in [9.17, 15) is 14.4 Å². The topological polar surface area (TPSA) is 88.6 Å². The molecule has 150 valence electrons. The van der Waals surface area contributed by atoms with Gasteiger partial charge in [0.1, 0.15) is 17.1 Å². The number of aromatic nitrogens is 1. The second kappa shape index (κ2) is 7.15. The number of benzene rings is 1. The summed E-state index contributed by atoms with van der Waals surface area (Å²) in [5, 5.41) is 3.20. The van der Waals surface area contributed by atoms with Gasteiger partial charge < -0.3 is 15.0 Å². The van der Waals surface area contributed by atoms with Crippen LogP contribution in [0.5, 0.6) is 5.75 Å². The number of carbonyl (C=O) groups is 3. The van der Waals surface area contributed by atoms with Gasteiger partial charge in [-0.2, -0.15) is 0 Å². The van der Waals surface area contributed by atoms with Gasteiger partial charge in [0.2, 0.25) is 11.8 Å². The standard InChI is InChI=1S/C21H20ClN3O4/c1-12(26)25-15(9-21(2)10-18(27)24-20(21)25)14-5-3-4-6-16(14)29-19(28)13-7-8-17(22)23-11-13/h3-8,11,15,20H,9-10H2,1-2H3,(H,24,27)/t15-,20-,21-/m1/s1. The Hall–Kier alpha value is -2.93. The Kier molecular flexibility index (Phi) is 4.78. The van der Waals surface area contributed by atoms with Gasteiger partial charge in [0.25, 0.3) is 0 Å². The molecule has 0 unspecified atom stereocenters. The number of likely N-dealkylation sites (tertiary alicyclic amines) is 1. The van der Waals surface area contributed by atoms with Gasteiger partial charge >= 0.3 is 5.97 Å². The number of nitrogens with one attached hydrogen (secondary N) is 1. The van der Waals surface area contributed by atoms with Gasteiger partial charge in [-0.15, -0.1) is 0 Å². The molecule has 2 aromatic rings. The van der Waals surface area contributed by atoms with Crippen LogP contribution in [0.4, 0.5) is 0 Å². The minimum Gasteiger partial charge on any atom is -0.423 e. The zero-order valence-electron chi connectivity index (χ0n) is 16.0. The monoisotopic (exact) mass is 413 g/mol. The summed E-state index contributed by atoms with van der Waals surface area (Å²) in [6.07, 6.45) is 1.93. The van der Waals surface area contributed by atoms with Crippen molar-refractivity contribution in [2.24, 2.45) is 5.41 Å². The lowest BCUT2D eigenvalue weighted by Crippen LogP contribution is -2.46. The second-order valence-corrected chi connectivity index (χ2v) is 8.13. The van der Waals surface area contributed by atoms with Crippen LogP contribution in [0.3, 0.4) is 0 Å². The average molecular weight is 414 g/mol. The van der Waals surface area contributed by atoms with Crippen LogP contribution in [-0.4, -0.2) is 33.8 Å². The number of amides is 2. The maximum Gasteiger partial charge on any atom is 0.345 e. The van der Waals surface area contributed by atoms with Crippen LogP contribution in [0.15, 0.2) is 42.6 Å². The molecule has 2 aliphatic rings.